The van der Waals surface area contributed by atoms with Crippen LogP contribution >= 0.6 is 11.6 Å². The highest BCUT2D eigenvalue weighted by molar-refractivity contribution is 6.30. The molecule has 1 atom stereocenters. The molecular formula is C21H27ClN4O. The highest BCUT2D eigenvalue weighted by Gasteiger charge is 2.51. The number of carbonyl (C=O) groups excluding carboxylic acids is 1. The van der Waals surface area contributed by atoms with Gasteiger partial charge in [-0.25, -0.2) is 0 Å². The zero-order valence-electron chi connectivity index (χ0n) is 15.8. The first-order chi connectivity index (χ1) is 13.0. The molecule has 144 valence electrons. The van der Waals surface area contributed by atoms with E-state index >= 15 is 0 Å². The van der Waals surface area contributed by atoms with Gasteiger partial charge in [-0.15, -0.1) is 0 Å². The van der Waals surface area contributed by atoms with Gasteiger partial charge >= 0.3 is 0 Å². The van der Waals surface area contributed by atoms with Gasteiger partial charge in [0, 0.05) is 30.4 Å². The molecule has 1 aliphatic heterocycles. The molecule has 6 heteroatoms. The number of amides is 1. The minimum Gasteiger partial charge on any atom is -0.355 e. The number of nitrogens with one attached hydrogen (secondary N) is 2. The molecule has 4 rings (SSSR count). The van der Waals surface area contributed by atoms with Gasteiger partial charge in [0.05, 0.1) is 11.1 Å². The van der Waals surface area contributed by atoms with Crippen molar-refractivity contribution in [3.8, 4) is 0 Å². The normalized spacial score (nSPS) is 21.8. The number of halogens is 1. The van der Waals surface area contributed by atoms with Crippen molar-refractivity contribution in [3.05, 3.63) is 52.3 Å². The third kappa shape index (κ3) is 4.19. The summed E-state index contributed by atoms with van der Waals surface area (Å²) in [5.74, 6) is 0.675. The van der Waals surface area contributed by atoms with E-state index < -0.39 is 0 Å². The molecule has 27 heavy (non-hydrogen) atoms. The molecule has 2 aliphatic rings. The number of likely N-dealkylation sites (tertiary alicyclic amines) is 1. The number of aromatic nitrogens is 2. The molecule has 1 saturated heterocycles. The molecule has 5 nitrogen and oxygen atoms in total. The van der Waals surface area contributed by atoms with E-state index in [0.717, 1.165) is 56.0 Å². The monoisotopic (exact) mass is 386 g/mol. The first-order valence-electron chi connectivity index (χ1n) is 9.83. The van der Waals surface area contributed by atoms with E-state index in [-0.39, 0.29) is 11.3 Å². The number of piperidine rings is 1. The van der Waals surface area contributed by atoms with Gasteiger partial charge in [-0.2, -0.15) is 5.10 Å². The highest BCUT2D eigenvalue weighted by Crippen LogP contribution is 2.48. The second-order valence-corrected chi connectivity index (χ2v) is 8.52. The number of H-pyrrole nitrogens is 1. The van der Waals surface area contributed by atoms with Crippen molar-refractivity contribution in [2.45, 2.75) is 44.6 Å². The van der Waals surface area contributed by atoms with Crippen molar-refractivity contribution >= 4 is 17.5 Å². The topological polar surface area (TPSA) is 61.0 Å². The Morgan fingerprint density at radius 3 is 2.81 bits per heavy atom. The van der Waals surface area contributed by atoms with Crippen LogP contribution in [0.4, 0.5) is 0 Å². The Morgan fingerprint density at radius 1 is 1.37 bits per heavy atom. The van der Waals surface area contributed by atoms with Crippen LogP contribution in [0.5, 0.6) is 0 Å². The van der Waals surface area contributed by atoms with Gasteiger partial charge in [0.2, 0.25) is 5.91 Å². The molecule has 0 unspecified atom stereocenters. The Morgan fingerprint density at radius 2 is 2.15 bits per heavy atom. The summed E-state index contributed by atoms with van der Waals surface area (Å²) in [5.41, 5.74) is 2.95. The van der Waals surface area contributed by atoms with E-state index in [9.17, 15) is 4.79 Å². The molecule has 0 spiro atoms. The molecule has 1 aromatic carbocycles. The van der Waals surface area contributed by atoms with E-state index in [1.807, 2.05) is 31.2 Å². The number of hydrogen-bond donors (Lipinski definition) is 2. The summed E-state index contributed by atoms with van der Waals surface area (Å²) in [6, 6.07) is 9.83. The Kier molecular flexibility index (Phi) is 5.24. The molecule has 2 aromatic rings. The number of nitrogens with zero attached hydrogens (tertiary/aromatic N) is 2. The van der Waals surface area contributed by atoms with Crippen molar-refractivity contribution in [3.63, 3.8) is 0 Å². The first kappa shape index (κ1) is 18.5. The molecule has 1 amide bonds. The zero-order valence-corrected chi connectivity index (χ0v) is 16.6. The van der Waals surface area contributed by atoms with E-state index in [1.54, 1.807) is 0 Å². The maximum Gasteiger partial charge on any atom is 0.230 e. The lowest BCUT2D eigenvalue weighted by molar-refractivity contribution is -0.123. The fourth-order valence-electron chi connectivity index (χ4n) is 4.19. The SMILES string of the molecule is Cc1cc(CN2CCC[C@@H](CNC(=O)C3(c4ccc(Cl)cc4)CC3)C2)n[nH]1. The molecule has 2 N–H and O–H groups in total. The predicted molar refractivity (Wildman–Crippen MR) is 107 cm³/mol. The summed E-state index contributed by atoms with van der Waals surface area (Å²) in [4.78, 5) is 15.3. The van der Waals surface area contributed by atoms with Crippen molar-refractivity contribution in [2.75, 3.05) is 19.6 Å². The third-order valence-corrected chi connectivity index (χ3v) is 6.13. The third-order valence-electron chi connectivity index (χ3n) is 5.88. The fourth-order valence-corrected chi connectivity index (χ4v) is 4.32. The Labute approximate surface area is 165 Å². The van der Waals surface area contributed by atoms with Crippen LogP contribution in [-0.2, 0) is 16.8 Å². The van der Waals surface area contributed by atoms with E-state index in [2.05, 4.69) is 26.5 Å². The van der Waals surface area contributed by atoms with E-state index in [0.29, 0.717) is 10.9 Å². The van der Waals surface area contributed by atoms with Crippen LogP contribution < -0.4 is 5.32 Å². The summed E-state index contributed by atoms with van der Waals surface area (Å²) >= 11 is 5.99. The second-order valence-electron chi connectivity index (χ2n) is 8.08. The van der Waals surface area contributed by atoms with Crippen molar-refractivity contribution < 1.29 is 4.79 Å². The number of hydrogen-bond acceptors (Lipinski definition) is 3. The van der Waals surface area contributed by atoms with Crippen LogP contribution in [-0.4, -0.2) is 40.6 Å². The lowest BCUT2D eigenvalue weighted by Gasteiger charge is -2.32. The van der Waals surface area contributed by atoms with Crippen molar-refractivity contribution in [2.24, 2.45) is 5.92 Å². The largest absolute Gasteiger partial charge is 0.355 e. The lowest BCUT2D eigenvalue weighted by atomic mass is 9.93. The Balaban J connectivity index is 1.30. The smallest absolute Gasteiger partial charge is 0.230 e. The molecule has 2 fully saturated rings. The predicted octanol–water partition coefficient (Wildman–Crippen LogP) is 3.43. The highest BCUT2D eigenvalue weighted by atomic mass is 35.5. The molecule has 0 bridgehead atoms. The average molecular weight is 387 g/mol. The van der Waals surface area contributed by atoms with Gasteiger partial charge < -0.3 is 5.32 Å². The lowest BCUT2D eigenvalue weighted by Crippen LogP contribution is -2.43. The van der Waals surface area contributed by atoms with Crippen molar-refractivity contribution in [1.29, 1.82) is 0 Å². The number of aromatic amines is 1. The molecule has 1 aliphatic carbocycles. The molecule has 1 aromatic heterocycles. The van der Waals surface area contributed by atoms with Gasteiger partial charge in [-0.05, 0) is 68.8 Å². The van der Waals surface area contributed by atoms with Crippen LogP contribution in [0.2, 0.25) is 5.02 Å². The van der Waals surface area contributed by atoms with Gasteiger partial charge in [-0.3, -0.25) is 14.8 Å². The number of rotatable bonds is 6. The maximum absolute atomic E-state index is 12.9. The van der Waals surface area contributed by atoms with E-state index in [4.69, 9.17) is 11.6 Å². The fraction of sp³-hybridized carbons (Fsp3) is 0.524. The van der Waals surface area contributed by atoms with Crippen LogP contribution in [0.3, 0.4) is 0 Å². The van der Waals surface area contributed by atoms with Gasteiger partial charge in [0.1, 0.15) is 0 Å². The quantitative estimate of drug-likeness (QED) is 0.799. The summed E-state index contributed by atoms with van der Waals surface area (Å²) in [6.07, 6.45) is 4.20. The number of benzene rings is 1. The van der Waals surface area contributed by atoms with Crippen LogP contribution in [0.1, 0.15) is 42.6 Å². The first-order valence-corrected chi connectivity index (χ1v) is 10.2. The van der Waals surface area contributed by atoms with Gasteiger partial charge in [0.25, 0.3) is 0 Å². The Bertz CT molecular complexity index is 797. The van der Waals surface area contributed by atoms with Crippen LogP contribution in [0.25, 0.3) is 0 Å². The van der Waals surface area contributed by atoms with Crippen LogP contribution in [0.15, 0.2) is 30.3 Å². The average Bonchev–Trinajstić information content (AvgIpc) is 3.38. The van der Waals surface area contributed by atoms with Crippen LogP contribution in [0, 0.1) is 12.8 Å². The molecule has 0 radical (unpaired) electrons. The van der Waals surface area contributed by atoms with Gasteiger partial charge in [0.15, 0.2) is 0 Å². The minimum absolute atomic E-state index is 0.171. The number of carbonyl (C=O) groups is 1. The van der Waals surface area contributed by atoms with Crippen molar-refractivity contribution in [1.82, 2.24) is 20.4 Å². The standard InChI is InChI=1S/C21H27ClN4O/c1-15-11-19(25-24-15)14-26-10-2-3-16(13-26)12-23-20(27)21(8-9-21)17-4-6-18(22)7-5-17/h4-7,11,16H,2-3,8-10,12-14H2,1H3,(H,23,27)(H,24,25)/t16-/m0/s1. The zero-order chi connectivity index (χ0) is 18.9. The molecule has 1 saturated carbocycles. The van der Waals surface area contributed by atoms with Gasteiger partial charge in [-0.1, -0.05) is 23.7 Å². The summed E-state index contributed by atoms with van der Waals surface area (Å²) in [5, 5.41) is 11.3. The summed E-state index contributed by atoms with van der Waals surface area (Å²) < 4.78 is 0. The second kappa shape index (κ2) is 7.64. The summed E-state index contributed by atoms with van der Waals surface area (Å²) in [6.45, 7) is 5.78. The van der Waals surface area contributed by atoms with E-state index in [1.165, 1.54) is 12.8 Å². The maximum atomic E-state index is 12.9. The molecular weight excluding hydrogens is 360 g/mol. The minimum atomic E-state index is -0.328. The molecule has 2 heterocycles. The Hall–Kier alpha value is -1.85. The summed E-state index contributed by atoms with van der Waals surface area (Å²) in [7, 11) is 0. The number of aryl methyl sites for hydroxylation is 1.